The summed E-state index contributed by atoms with van der Waals surface area (Å²) in [6.45, 7) is 3.80. The van der Waals surface area contributed by atoms with Crippen LogP contribution in [-0.4, -0.2) is 48.9 Å². The summed E-state index contributed by atoms with van der Waals surface area (Å²) in [6, 6.07) is 8.40. The fourth-order valence-corrected chi connectivity index (χ4v) is 2.34. The predicted molar refractivity (Wildman–Crippen MR) is 98.7 cm³/mol. The SMILES string of the molecule is COC(=O)[C@H](CC(C)C)NC(=O)C[C@H](O)CNC(=O)OCc1ccccc1. The number of methoxy groups -OCH3 is 1. The average Bonchev–Trinajstić information content (AvgIpc) is 2.63. The minimum atomic E-state index is -1.10. The summed E-state index contributed by atoms with van der Waals surface area (Å²) in [4.78, 5) is 35.3. The van der Waals surface area contributed by atoms with Crippen LogP contribution in [0.25, 0.3) is 0 Å². The Morgan fingerprint density at radius 1 is 1.15 bits per heavy atom. The van der Waals surface area contributed by atoms with Crippen molar-refractivity contribution in [1.82, 2.24) is 10.6 Å². The highest BCUT2D eigenvalue weighted by atomic mass is 16.5. The van der Waals surface area contributed by atoms with Gasteiger partial charge >= 0.3 is 12.1 Å². The summed E-state index contributed by atoms with van der Waals surface area (Å²) in [5.41, 5.74) is 0.839. The summed E-state index contributed by atoms with van der Waals surface area (Å²) in [7, 11) is 1.25. The first-order chi connectivity index (χ1) is 12.8. The Kier molecular flexibility index (Phi) is 9.89. The van der Waals surface area contributed by atoms with Crippen LogP contribution in [0, 0.1) is 5.92 Å². The zero-order chi connectivity index (χ0) is 20.2. The Morgan fingerprint density at radius 3 is 2.41 bits per heavy atom. The van der Waals surface area contributed by atoms with Gasteiger partial charge in [-0.2, -0.15) is 0 Å². The summed E-state index contributed by atoms with van der Waals surface area (Å²) in [5, 5.41) is 14.8. The number of benzene rings is 1. The van der Waals surface area contributed by atoms with Gasteiger partial charge in [-0.15, -0.1) is 0 Å². The first-order valence-corrected chi connectivity index (χ1v) is 8.81. The molecule has 2 atom stereocenters. The minimum Gasteiger partial charge on any atom is -0.467 e. The van der Waals surface area contributed by atoms with Crippen molar-refractivity contribution in [3.63, 3.8) is 0 Å². The first kappa shape index (κ1) is 22.4. The third kappa shape index (κ3) is 9.60. The number of aliphatic hydroxyl groups excluding tert-OH is 1. The van der Waals surface area contributed by atoms with E-state index in [9.17, 15) is 19.5 Å². The van der Waals surface area contributed by atoms with Crippen molar-refractivity contribution < 1.29 is 29.0 Å². The van der Waals surface area contributed by atoms with Crippen molar-refractivity contribution in [1.29, 1.82) is 0 Å². The smallest absolute Gasteiger partial charge is 0.407 e. The number of carbonyl (C=O) groups is 3. The molecule has 1 aromatic carbocycles. The average molecular weight is 380 g/mol. The molecule has 0 heterocycles. The topological polar surface area (TPSA) is 114 Å². The molecule has 0 fully saturated rings. The number of carbonyl (C=O) groups excluding carboxylic acids is 3. The zero-order valence-corrected chi connectivity index (χ0v) is 15.9. The lowest BCUT2D eigenvalue weighted by Crippen LogP contribution is -2.44. The molecule has 0 spiro atoms. The van der Waals surface area contributed by atoms with Gasteiger partial charge in [-0.25, -0.2) is 9.59 Å². The number of hydrogen-bond acceptors (Lipinski definition) is 6. The second-order valence-corrected chi connectivity index (χ2v) is 6.57. The van der Waals surface area contributed by atoms with Gasteiger partial charge in [0.1, 0.15) is 12.6 Å². The lowest BCUT2D eigenvalue weighted by atomic mass is 10.0. The Morgan fingerprint density at radius 2 is 1.81 bits per heavy atom. The Bertz CT molecular complexity index is 605. The van der Waals surface area contributed by atoms with Gasteiger partial charge in [0, 0.05) is 6.54 Å². The monoisotopic (exact) mass is 380 g/mol. The van der Waals surface area contributed by atoms with Crippen molar-refractivity contribution in [2.75, 3.05) is 13.7 Å². The van der Waals surface area contributed by atoms with E-state index in [4.69, 9.17) is 4.74 Å². The van der Waals surface area contributed by atoms with Crippen LogP contribution in [0.2, 0.25) is 0 Å². The molecule has 150 valence electrons. The summed E-state index contributed by atoms with van der Waals surface area (Å²) in [5.74, 6) is -0.854. The molecule has 0 saturated heterocycles. The van der Waals surface area contributed by atoms with Crippen LogP contribution in [0.3, 0.4) is 0 Å². The van der Waals surface area contributed by atoms with Crippen LogP contribution >= 0.6 is 0 Å². The van der Waals surface area contributed by atoms with E-state index in [1.807, 2.05) is 44.2 Å². The van der Waals surface area contributed by atoms with Crippen LogP contribution in [-0.2, 0) is 25.7 Å². The van der Waals surface area contributed by atoms with Gasteiger partial charge < -0.3 is 25.2 Å². The molecule has 1 rings (SSSR count). The molecule has 2 amide bonds. The normalized spacial score (nSPS) is 12.8. The van der Waals surface area contributed by atoms with Crippen LogP contribution in [0.5, 0.6) is 0 Å². The number of aliphatic hydroxyl groups is 1. The molecule has 3 N–H and O–H groups in total. The van der Waals surface area contributed by atoms with Gasteiger partial charge in [0.2, 0.25) is 5.91 Å². The number of hydrogen-bond donors (Lipinski definition) is 3. The zero-order valence-electron chi connectivity index (χ0n) is 15.9. The molecule has 1 aromatic rings. The van der Waals surface area contributed by atoms with Crippen molar-refractivity contribution in [3.05, 3.63) is 35.9 Å². The molecule has 0 aliphatic carbocycles. The van der Waals surface area contributed by atoms with Crippen LogP contribution in [0.15, 0.2) is 30.3 Å². The first-order valence-electron chi connectivity index (χ1n) is 8.81. The number of rotatable bonds is 10. The molecule has 0 unspecified atom stereocenters. The maximum absolute atomic E-state index is 12.0. The summed E-state index contributed by atoms with van der Waals surface area (Å²) < 4.78 is 9.69. The third-order valence-corrected chi connectivity index (χ3v) is 3.64. The van der Waals surface area contributed by atoms with E-state index in [2.05, 4.69) is 15.4 Å². The lowest BCUT2D eigenvalue weighted by Gasteiger charge is -2.19. The van der Waals surface area contributed by atoms with Gasteiger partial charge in [0.25, 0.3) is 0 Å². The highest BCUT2D eigenvalue weighted by molar-refractivity contribution is 5.84. The van der Waals surface area contributed by atoms with Gasteiger partial charge in [-0.1, -0.05) is 44.2 Å². The molecule has 8 nitrogen and oxygen atoms in total. The van der Waals surface area contributed by atoms with Gasteiger partial charge in [0.05, 0.1) is 19.6 Å². The number of amides is 2. The van der Waals surface area contributed by atoms with Gasteiger partial charge in [0.15, 0.2) is 0 Å². The lowest BCUT2D eigenvalue weighted by molar-refractivity contribution is -0.145. The number of ether oxygens (including phenoxy) is 2. The van der Waals surface area contributed by atoms with E-state index in [-0.39, 0.29) is 25.5 Å². The quantitative estimate of drug-likeness (QED) is 0.528. The van der Waals surface area contributed by atoms with Crippen molar-refractivity contribution in [2.45, 2.75) is 45.4 Å². The Hall–Kier alpha value is -2.61. The van der Waals surface area contributed by atoms with E-state index in [0.717, 1.165) is 5.56 Å². The van der Waals surface area contributed by atoms with E-state index < -0.39 is 30.1 Å². The molecule has 0 radical (unpaired) electrons. The predicted octanol–water partition coefficient (Wildman–Crippen LogP) is 1.37. The number of alkyl carbamates (subject to hydrolysis) is 1. The highest BCUT2D eigenvalue weighted by Gasteiger charge is 2.23. The number of esters is 1. The van der Waals surface area contributed by atoms with E-state index >= 15 is 0 Å². The van der Waals surface area contributed by atoms with Gasteiger partial charge in [-0.05, 0) is 17.9 Å². The fourth-order valence-electron chi connectivity index (χ4n) is 2.34. The minimum absolute atomic E-state index is 0.110. The van der Waals surface area contributed by atoms with Crippen LogP contribution in [0.4, 0.5) is 4.79 Å². The molecular weight excluding hydrogens is 352 g/mol. The molecule has 0 aliphatic rings. The summed E-state index contributed by atoms with van der Waals surface area (Å²) >= 11 is 0. The van der Waals surface area contributed by atoms with Crippen molar-refractivity contribution >= 4 is 18.0 Å². The fraction of sp³-hybridized carbons (Fsp3) is 0.526. The van der Waals surface area contributed by atoms with E-state index in [1.54, 1.807) is 0 Å². The molecule has 0 saturated carbocycles. The van der Waals surface area contributed by atoms with Crippen molar-refractivity contribution in [2.24, 2.45) is 5.92 Å². The molecule has 8 heteroatoms. The summed E-state index contributed by atoms with van der Waals surface area (Å²) in [6.07, 6.45) is -1.62. The van der Waals surface area contributed by atoms with Crippen molar-refractivity contribution in [3.8, 4) is 0 Å². The number of nitrogens with one attached hydrogen (secondary N) is 2. The molecule has 0 aromatic heterocycles. The molecular formula is C19H28N2O6. The molecule has 0 aliphatic heterocycles. The molecule has 27 heavy (non-hydrogen) atoms. The van der Waals surface area contributed by atoms with Gasteiger partial charge in [-0.3, -0.25) is 4.79 Å². The maximum Gasteiger partial charge on any atom is 0.407 e. The Labute approximate surface area is 159 Å². The second-order valence-electron chi connectivity index (χ2n) is 6.57. The maximum atomic E-state index is 12.0. The largest absolute Gasteiger partial charge is 0.467 e. The third-order valence-electron chi connectivity index (χ3n) is 3.64. The standard InChI is InChI=1S/C19H28N2O6/c1-13(2)9-16(18(24)26-3)21-17(23)10-15(22)11-20-19(25)27-12-14-7-5-4-6-8-14/h4-8,13,15-16,22H,9-12H2,1-3H3,(H,20,25)(H,21,23)/t15-,16-/m0/s1. The second kappa shape index (κ2) is 11.9. The van der Waals surface area contributed by atoms with Crippen LogP contribution < -0.4 is 10.6 Å². The van der Waals surface area contributed by atoms with E-state index in [1.165, 1.54) is 7.11 Å². The van der Waals surface area contributed by atoms with Crippen LogP contribution in [0.1, 0.15) is 32.3 Å². The molecule has 0 bridgehead atoms. The Balaban J connectivity index is 2.33. The van der Waals surface area contributed by atoms with E-state index in [0.29, 0.717) is 6.42 Å². The highest BCUT2D eigenvalue weighted by Crippen LogP contribution is 2.07.